The van der Waals surface area contributed by atoms with Crippen molar-refractivity contribution in [2.75, 3.05) is 26.1 Å². The van der Waals surface area contributed by atoms with Crippen LogP contribution in [0.3, 0.4) is 0 Å². The minimum absolute atomic E-state index is 0.0392. The van der Waals surface area contributed by atoms with Crippen molar-refractivity contribution in [2.45, 2.75) is 58.6 Å². The molecule has 1 atom stereocenters. The summed E-state index contributed by atoms with van der Waals surface area (Å²) < 4.78 is 18.7. The van der Waals surface area contributed by atoms with E-state index < -0.39 is 0 Å². The summed E-state index contributed by atoms with van der Waals surface area (Å²) >= 11 is 0. The maximum Gasteiger partial charge on any atom is 0.320 e. The van der Waals surface area contributed by atoms with Gasteiger partial charge in [0, 0.05) is 19.8 Å². The van der Waals surface area contributed by atoms with E-state index in [0.717, 1.165) is 51.9 Å². The number of aryl methyl sites for hydroxylation is 1. The van der Waals surface area contributed by atoms with Crippen molar-refractivity contribution in [1.29, 1.82) is 0 Å². The molecule has 3 heterocycles. The van der Waals surface area contributed by atoms with Gasteiger partial charge in [-0.3, -0.25) is 4.57 Å². The van der Waals surface area contributed by atoms with Gasteiger partial charge in [0.05, 0.1) is 13.2 Å². The minimum atomic E-state index is 0.0392. The molecule has 26 heavy (non-hydrogen) atoms. The second-order valence-electron chi connectivity index (χ2n) is 6.88. The predicted octanol–water partition coefficient (Wildman–Crippen LogP) is 2.80. The molecule has 0 bridgehead atoms. The molecule has 1 aliphatic rings. The Morgan fingerprint density at radius 3 is 2.73 bits per heavy atom. The largest absolute Gasteiger partial charge is 0.468 e. The number of aromatic nitrogens is 4. The Morgan fingerprint density at radius 1 is 1.27 bits per heavy atom. The van der Waals surface area contributed by atoms with Gasteiger partial charge in [0.1, 0.15) is 0 Å². The number of anilines is 1. The molecular weight excluding hydrogens is 334 g/mol. The highest BCUT2D eigenvalue weighted by Crippen LogP contribution is 2.28. The van der Waals surface area contributed by atoms with Crippen molar-refractivity contribution in [3.63, 3.8) is 0 Å². The van der Waals surface area contributed by atoms with Crippen LogP contribution in [0.1, 0.15) is 46.0 Å². The Kier molecular flexibility index (Phi) is 6.13. The third-order valence-corrected chi connectivity index (χ3v) is 4.85. The maximum atomic E-state index is 6.10. The van der Waals surface area contributed by atoms with Crippen LogP contribution in [0.2, 0.25) is 0 Å². The van der Waals surface area contributed by atoms with Gasteiger partial charge < -0.3 is 19.9 Å². The van der Waals surface area contributed by atoms with Gasteiger partial charge >= 0.3 is 6.01 Å². The van der Waals surface area contributed by atoms with Gasteiger partial charge in [-0.2, -0.15) is 15.0 Å². The molecule has 0 saturated carbocycles. The van der Waals surface area contributed by atoms with Crippen molar-refractivity contribution < 1.29 is 14.2 Å². The number of methoxy groups -OCH3 is 1. The first kappa shape index (κ1) is 18.7. The first-order valence-electron chi connectivity index (χ1n) is 9.44. The highest BCUT2D eigenvalue weighted by molar-refractivity contribution is 5.83. The Balaban J connectivity index is 1.85. The van der Waals surface area contributed by atoms with Gasteiger partial charge in [0.2, 0.25) is 0 Å². The van der Waals surface area contributed by atoms with Crippen LogP contribution >= 0.6 is 0 Å². The van der Waals surface area contributed by atoms with E-state index in [-0.39, 0.29) is 6.10 Å². The lowest BCUT2D eigenvalue weighted by Crippen LogP contribution is -2.18. The SMILES string of the molecule is CCC[C@H](C)Oc1nc(N)c2nc(OC)n(CCC3CCOCC3)c2n1. The van der Waals surface area contributed by atoms with Gasteiger partial charge in [-0.15, -0.1) is 0 Å². The maximum absolute atomic E-state index is 6.10. The summed E-state index contributed by atoms with van der Waals surface area (Å²) in [5, 5.41) is 0. The van der Waals surface area contributed by atoms with E-state index in [0.29, 0.717) is 34.9 Å². The Morgan fingerprint density at radius 2 is 2.04 bits per heavy atom. The zero-order valence-electron chi connectivity index (χ0n) is 15.9. The molecule has 8 heteroatoms. The molecule has 1 saturated heterocycles. The molecule has 2 aromatic heterocycles. The van der Waals surface area contributed by atoms with Crippen LogP contribution < -0.4 is 15.2 Å². The fourth-order valence-corrected chi connectivity index (χ4v) is 3.38. The third-order valence-electron chi connectivity index (χ3n) is 4.85. The summed E-state index contributed by atoms with van der Waals surface area (Å²) in [5.74, 6) is 0.960. The summed E-state index contributed by atoms with van der Waals surface area (Å²) in [6, 6.07) is 0.803. The van der Waals surface area contributed by atoms with E-state index in [4.69, 9.17) is 19.9 Å². The topological polar surface area (TPSA) is 97.3 Å². The molecule has 3 rings (SSSR count). The monoisotopic (exact) mass is 363 g/mol. The first-order chi connectivity index (χ1) is 12.6. The van der Waals surface area contributed by atoms with E-state index in [9.17, 15) is 0 Å². The summed E-state index contributed by atoms with van der Waals surface area (Å²) in [6.45, 7) is 6.58. The Bertz CT molecular complexity index is 727. The highest BCUT2D eigenvalue weighted by Gasteiger charge is 2.20. The molecule has 0 radical (unpaired) electrons. The number of nitrogens with zero attached hydrogens (tertiary/aromatic N) is 4. The molecule has 1 aliphatic heterocycles. The van der Waals surface area contributed by atoms with E-state index in [2.05, 4.69) is 21.9 Å². The smallest absolute Gasteiger partial charge is 0.320 e. The number of hydrogen-bond donors (Lipinski definition) is 1. The van der Waals surface area contributed by atoms with Crippen molar-refractivity contribution in [3.05, 3.63) is 0 Å². The van der Waals surface area contributed by atoms with Crippen molar-refractivity contribution in [2.24, 2.45) is 5.92 Å². The first-order valence-corrected chi connectivity index (χ1v) is 9.44. The summed E-state index contributed by atoms with van der Waals surface area (Å²) in [6.07, 6.45) is 5.22. The zero-order chi connectivity index (χ0) is 18.5. The van der Waals surface area contributed by atoms with Gasteiger partial charge in [-0.1, -0.05) is 13.3 Å². The Labute approximate surface area is 154 Å². The van der Waals surface area contributed by atoms with E-state index >= 15 is 0 Å². The number of imidazole rings is 1. The number of nitrogens with two attached hydrogens (primary N) is 1. The van der Waals surface area contributed by atoms with Crippen LogP contribution in [0.25, 0.3) is 11.2 Å². The molecule has 144 valence electrons. The number of hydrogen-bond acceptors (Lipinski definition) is 7. The lowest BCUT2D eigenvalue weighted by Gasteiger charge is -2.22. The van der Waals surface area contributed by atoms with Gasteiger partial charge in [0.15, 0.2) is 17.0 Å². The van der Waals surface area contributed by atoms with Gasteiger partial charge in [0.25, 0.3) is 6.01 Å². The molecule has 8 nitrogen and oxygen atoms in total. The van der Waals surface area contributed by atoms with Crippen molar-refractivity contribution in [3.8, 4) is 12.0 Å². The minimum Gasteiger partial charge on any atom is -0.468 e. The average Bonchev–Trinajstić information content (AvgIpc) is 2.99. The molecule has 0 amide bonds. The van der Waals surface area contributed by atoms with Crippen LogP contribution in [-0.2, 0) is 11.3 Å². The normalized spacial score (nSPS) is 16.7. The molecule has 0 aromatic carbocycles. The molecule has 0 spiro atoms. The second-order valence-corrected chi connectivity index (χ2v) is 6.88. The zero-order valence-corrected chi connectivity index (χ0v) is 15.9. The standard InChI is InChI=1S/C18H29N5O3/c1-4-5-12(2)26-17-21-15(19)14-16(22-17)23(18(20-14)24-3)9-6-13-7-10-25-11-8-13/h12-13H,4-11H2,1-3H3,(H2,19,21,22)/t12-/m0/s1. The fourth-order valence-electron chi connectivity index (χ4n) is 3.38. The number of nitrogen functional groups attached to an aromatic ring is 1. The average molecular weight is 363 g/mol. The fraction of sp³-hybridized carbons (Fsp3) is 0.722. The van der Waals surface area contributed by atoms with Crippen LogP contribution in [0.4, 0.5) is 5.82 Å². The predicted molar refractivity (Wildman–Crippen MR) is 99.4 cm³/mol. The van der Waals surface area contributed by atoms with Crippen LogP contribution in [0, 0.1) is 5.92 Å². The van der Waals surface area contributed by atoms with Gasteiger partial charge in [-0.25, -0.2) is 0 Å². The molecule has 0 aliphatic carbocycles. The third kappa shape index (κ3) is 4.17. The van der Waals surface area contributed by atoms with E-state index in [1.165, 1.54) is 0 Å². The van der Waals surface area contributed by atoms with E-state index in [1.54, 1.807) is 7.11 Å². The molecule has 1 fully saturated rings. The number of ether oxygens (including phenoxy) is 3. The number of rotatable bonds is 8. The summed E-state index contributed by atoms with van der Waals surface area (Å²) in [4.78, 5) is 13.3. The van der Waals surface area contributed by atoms with Gasteiger partial charge in [-0.05, 0) is 38.5 Å². The second kappa shape index (κ2) is 8.53. The summed E-state index contributed by atoms with van der Waals surface area (Å²) in [5.41, 5.74) is 7.33. The van der Waals surface area contributed by atoms with Crippen LogP contribution in [-0.4, -0.2) is 45.9 Å². The molecule has 2 aromatic rings. The Hall–Kier alpha value is -2.09. The lowest BCUT2D eigenvalue weighted by molar-refractivity contribution is 0.0625. The highest BCUT2D eigenvalue weighted by atomic mass is 16.5. The van der Waals surface area contributed by atoms with E-state index in [1.807, 2.05) is 11.5 Å². The molecular formula is C18H29N5O3. The van der Waals surface area contributed by atoms with Crippen LogP contribution in [0.15, 0.2) is 0 Å². The molecule has 2 N–H and O–H groups in total. The molecule has 0 unspecified atom stereocenters. The van der Waals surface area contributed by atoms with Crippen molar-refractivity contribution in [1.82, 2.24) is 19.5 Å². The quantitative estimate of drug-likeness (QED) is 0.770. The van der Waals surface area contributed by atoms with Crippen LogP contribution in [0.5, 0.6) is 12.0 Å². The number of fused-ring (bicyclic) bond motifs is 1. The summed E-state index contributed by atoms with van der Waals surface area (Å²) in [7, 11) is 1.61. The lowest BCUT2D eigenvalue weighted by atomic mass is 9.97. The van der Waals surface area contributed by atoms with Crippen molar-refractivity contribution >= 4 is 17.0 Å².